The molecule has 1 N–H and O–H groups in total. The smallest absolute Gasteiger partial charge is 0.119 e. The molecule has 1 saturated carbocycles. The molecule has 1 aliphatic heterocycles. The van der Waals surface area contributed by atoms with Crippen molar-refractivity contribution in [2.24, 2.45) is 0 Å². The van der Waals surface area contributed by atoms with Crippen LogP contribution in [0.1, 0.15) is 50.0 Å². The van der Waals surface area contributed by atoms with Gasteiger partial charge in [-0.1, -0.05) is 31.4 Å². The maximum Gasteiger partial charge on any atom is 0.119 e. The van der Waals surface area contributed by atoms with E-state index >= 15 is 0 Å². The first-order valence-electron chi connectivity index (χ1n) is 8.83. The predicted octanol–water partition coefficient (Wildman–Crippen LogP) is 3.41. The van der Waals surface area contributed by atoms with Crippen molar-refractivity contribution in [3.63, 3.8) is 0 Å². The molecule has 0 radical (unpaired) electrons. The predicted molar refractivity (Wildman–Crippen MR) is 91.6 cm³/mol. The fourth-order valence-electron chi connectivity index (χ4n) is 4.18. The van der Waals surface area contributed by atoms with Gasteiger partial charge in [0.1, 0.15) is 5.75 Å². The van der Waals surface area contributed by atoms with Gasteiger partial charge in [-0.2, -0.15) is 0 Å². The maximum atomic E-state index is 5.39. The van der Waals surface area contributed by atoms with Gasteiger partial charge < -0.3 is 15.0 Å². The average molecular weight is 302 g/mol. The van der Waals surface area contributed by atoms with Crippen molar-refractivity contribution in [3.05, 3.63) is 29.8 Å². The van der Waals surface area contributed by atoms with E-state index in [1.807, 2.05) is 6.07 Å². The van der Waals surface area contributed by atoms with Crippen LogP contribution in [0, 0.1) is 0 Å². The summed E-state index contributed by atoms with van der Waals surface area (Å²) in [5, 5.41) is 3.94. The van der Waals surface area contributed by atoms with Crippen LogP contribution >= 0.6 is 0 Å². The molecule has 2 fully saturated rings. The van der Waals surface area contributed by atoms with Gasteiger partial charge in [-0.25, -0.2) is 0 Å². The molecular weight excluding hydrogens is 272 g/mol. The van der Waals surface area contributed by atoms with Crippen LogP contribution in [0.5, 0.6) is 5.75 Å². The summed E-state index contributed by atoms with van der Waals surface area (Å²) in [5.41, 5.74) is 1.42. The Bertz CT molecular complexity index is 470. The Morgan fingerprint density at radius 2 is 1.91 bits per heavy atom. The van der Waals surface area contributed by atoms with Gasteiger partial charge in [0.2, 0.25) is 0 Å². The molecule has 0 amide bonds. The van der Waals surface area contributed by atoms with Crippen molar-refractivity contribution in [1.29, 1.82) is 0 Å². The molecule has 0 spiro atoms. The largest absolute Gasteiger partial charge is 0.497 e. The summed E-state index contributed by atoms with van der Waals surface area (Å²) in [6.45, 7) is 2.33. The Balaban J connectivity index is 1.64. The molecule has 0 aromatic heterocycles. The normalized spacial score (nSPS) is 27.7. The van der Waals surface area contributed by atoms with Crippen LogP contribution in [0.4, 0.5) is 0 Å². The molecule has 0 bridgehead atoms. The van der Waals surface area contributed by atoms with Gasteiger partial charge in [-0.15, -0.1) is 0 Å². The molecular formula is C19H30N2O. The van der Waals surface area contributed by atoms with Gasteiger partial charge >= 0.3 is 0 Å². The molecule has 3 rings (SSSR count). The van der Waals surface area contributed by atoms with Crippen LogP contribution in [0.3, 0.4) is 0 Å². The highest BCUT2D eigenvalue weighted by Gasteiger charge is 2.28. The molecule has 1 saturated heterocycles. The number of nitrogens with zero attached hydrogens (tertiary/aromatic N) is 1. The van der Waals surface area contributed by atoms with E-state index in [0.29, 0.717) is 12.0 Å². The molecule has 1 aromatic carbocycles. The molecule has 2 aliphatic rings. The fourth-order valence-corrected chi connectivity index (χ4v) is 4.18. The number of benzene rings is 1. The Labute approximate surface area is 135 Å². The minimum atomic E-state index is 0.606. The number of hydrogen-bond acceptors (Lipinski definition) is 3. The van der Waals surface area contributed by atoms with Gasteiger partial charge in [-0.3, -0.25) is 0 Å². The number of hydrogen-bond donors (Lipinski definition) is 1. The first-order valence-corrected chi connectivity index (χ1v) is 8.83. The Morgan fingerprint density at radius 1 is 1.09 bits per heavy atom. The second kappa shape index (κ2) is 7.47. The molecule has 1 heterocycles. The van der Waals surface area contributed by atoms with E-state index in [1.54, 1.807) is 7.11 Å². The molecule has 2 unspecified atom stereocenters. The van der Waals surface area contributed by atoms with E-state index in [2.05, 4.69) is 35.5 Å². The summed E-state index contributed by atoms with van der Waals surface area (Å²) in [6, 6.07) is 9.99. The van der Waals surface area contributed by atoms with Crippen molar-refractivity contribution in [2.45, 2.75) is 56.5 Å². The topological polar surface area (TPSA) is 24.5 Å². The van der Waals surface area contributed by atoms with E-state index in [0.717, 1.165) is 18.3 Å². The third-order valence-electron chi connectivity index (χ3n) is 5.27. The van der Waals surface area contributed by atoms with Crippen LogP contribution in [-0.4, -0.2) is 44.2 Å². The summed E-state index contributed by atoms with van der Waals surface area (Å²) in [7, 11) is 4.00. The summed E-state index contributed by atoms with van der Waals surface area (Å²) in [5.74, 6) is 1.58. The first-order chi connectivity index (χ1) is 10.7. The van der Waals surface area contributed by atoms with E-state index in [-0.39, 0.29) is 0 Å². The van der Waals surface area contributed by atoms with Gasteiger partial charge in [-0.05, 0) is 49.9 Å². The quantitative estimate of drug-likeness (QED) is 0.922. The molecule has 1 aromatic rings. The second-order valence-electron chi connectivity index (χ2n) is 7.13. The number of likely N-dealkylation sites (tertiary alicyclic amines) is 1. The monoisotopic (exact) mass is 302 g/mol. The zero-order valence-electron chi connectivity index (χ0n) is 14.1. The third-order valence-corrected chi connectivity index (χ3v) is 5.27. The van der Waals surface area contributed by atoms with Crippen LogP contribution in [0.15, 0.2) is 24.3 Å². The second-order valence-corrected chi connectivity index (χ2v) is 7.13. The van der Waals surface area contributed by atoms with Crippen molar-refractivity contribution >= 4 is 0 Å². The lowest BCUT2D eigenvalue weighted by molar-refractivity contribution is 0.186. The lowest BCUT2D eigenvalue weighted by atomic mass is 9.87. The summed E-state index contributed by atoms with van der Waals surface area (Å²) in [4.78, 5) is 2.48. The number of methoxy groups -OCH3 is 1. The highest BCUT2D eigenvalue weighted by atomic mass is 16.5. The zero-order chi connectivity index (χ0) is 15.4. The average Bonchev–Trinajstić information content (AvgIpc) is 2.55. The first kappa shape index (κ1) is 15.8. The van der Waals surface area contributed by atoms with Crippen LogP contribution in [0.25, 0.3) is 0 Å². The molecule has 2 atom stereocenters. The van der Waals surface area contributed by atoms with Crippen molar-refractivity contribution in [2.75, 3.05) is 27.2 Å². The Morgan fingerprint density at radius 3 is 2.68 bits per heavy atom. The number of rotatable bonds is 4. The molecule has 22 heavy (non-hydrogen) atoms. The number of nitrogens with one attached hydrogen (secondary N) is 1. The van der Waals surface area contributed by atoms with Crippen LogP contribution in [-0.2, 0) is 0 Å². The highest BCUT2D eigenvalue weighted by Crippen LogP contribution is 2.29. The molecule has 1 aliphatic carbocycles. The lowest BCUT2D eigenvalue weighted by Crippen LogP contribution is -2.50. The fraction of sp³-hybridized carbons (Fsp3) is 0.684. The van der Waals surface area contributed by atoms with E-state index in [9.17, 15) is 0 Å². The Hall–Kier alpha value is -1.06. The maximum absolute atomic E-state index is 5.39. The number of likely N-dealkylation sites (N-methyl/N-ethyl adjacent to an activating group) is 1. The zero-order valence-corrected chi connectivity index (χ0v) is 14.1. The van der Waals surface area contributed by atoms with E-state index in [1.165, 1.54) is 50.6 Å². The summed E-state index contributed by atoms with van der Waals surface area (Å²) in [6.07, 6.45) is 8.20. The molecule has 122 valence electrons. The lowest BCUT2D eigenvalue weighted by Gasteiger charge is -2.39. The highest BCUT2D eigenvalue weighted by molar-refractivity contribution is 5.31. The number of piperidine rings is 1. The van der Waals surface area contributed by atoms with Gasteiger partial charge in [0.25, 0.3) is 0 Å². The van der Waals surface area contributed by atoms with Crippen LogP contribution in [0.2, 0.25) is 0 Å². The van der Waals surface area contributed by atoms with Crippen LogP contribution < -0.4 is 10.1 Å². The Kier molecular flexibility index (Phi) is 5.37. The summed E-state index contributed by atoms with van der Waals surface area (Å²) < 4.78 is 5.39. The minimum absolute atomic E-state index is 0.606. The van der Waals surface area contributed by atoms with Crippen molar-refractivity contribution < 1.29 is 4.74 Å². The summed E-state index contributed by atoms with van der Waals surface area (Å²) >= 11 is 0. The number of ether oxygens (including phenoxy) is 1. The molecule has 3 heteroatoms. The van der Waals surface area contributed by atoms with E-state index in [4.69, 9.17) is 4.74 Å². The van der Waals surface area contributed by atoms with Crippen molar-refractivity contribution in [1.82, 2.24) is 10.2 Å². The minimum Gasteiger partial charge on any atom is -0.497 e. The SMILES string of the molecule is COc1cccc(C2CC(NC3CCCCC3)CN(C)C2)c1. The van der Waals surface area contributed by atoms with Gasteiger partial charge in [0, 0.05) is 25.2 Å². The third kappa shape index (κ3) is 4.02. The van der Waals surface area contributed by atoms with E-state index < -0.39 is 0 Å². The van der Waals surface area contributed by atoms with Gasteiger partial charge in [0.15, 0.2) is 0 Å². The standard InChI is InChI=1S/C19H30N2O/c1-21-13-16(15-7-6-10-19(12-15)22-2)11-18(14-21)20-17-8-4-3-5-9-17/h6-7,10,12,16-18,20H,3-5,8-9,11,13-14H2,1-2H3. The molecule has 3 nitrogen and oxygen atoms in total. The van der Waals surface area contributed by atoms with Gasteiger partial charge in [0.05, 0.1) is 7.11 Å². The van der Waals surface area contributed by atoms with Crippen molar-refractivity contribution in [3.8, 4) is 5.75 Å².